The molecule has 0 radical (unpaired) electrons. The molecule has 110 valence electrons. The molecule has 1 saturated carbocycles. The van der Waals surface area contributed by atoms with Crippen LogP contribution in [-0.4, -0.2) is 35.1 Å². The van der Waals surface area contributed by atoms with Crippen LogP contribution in [0.25, 0.3) is 11.0 Å². The fourth-order valence-electron chi connectivity index (χ4n) is 3.83. The van der Waals surface area contributed by atoms with Crippen molar-refractivity contribution in [1.29, 1.82) is 0 Å². The average Bonchev–Trinajstić information content (AvgIpc) is 3.13. The van der Waals surface area contributed by atoms with Crippen LogP contribution >= 0.6 is 0 Å². The predicted molar refractivity (Wildman–Crippen MR) is 79.1 cm³/mol. The molecule has 1 aromatic carbocycles. The number of nitrogens with zero attached hydrogens (tertiary/aromatic N) is 1. The number of likely N-dealkylation sites (tertiary alicyclic amines) is 1. The molecule has 1 saturated heterocycles. The number of furan rings is 1. The van der Waals surface area contributed by atoms with Crippen LogP contribution in [0.5, 0.6) is 0 Å². The third kappa shape index (κ3) is 2.05. The van der Waals surface area contributed by atoms with E-state index in [1.54, 1.807) is 0 Å². The average molecular weight is 285 g/mol. The van der Waals surface area contributed by atoms with E-state index in [1.165, 1.54) is 0 Å². The van der Waals surface area contributed by atoms with E-state index < -0.39 is 0 Å². The van der Waals surface area contributed by atoms with Gasteiger partial charge in [0.25, 0.3) is 5.91 Å². The number of amides is 1. The molecule has 2 aromatic rings. The third-order valence-corrected chi connectivity index (χ3v) is 4.99. The van der Waals surface area contributed by atoms with E-state index in [1.807, 2.05) is 36.1 Å². The second-order valence-electron chi connectivity index (χ2n) is 6.43. The van der Waals surface area contributed by atoms with Crippen LogP contribution in [0.1, 0.15) is 29.0 Å². The maximum atomic E-state index is 12.6. The summed E-state index contributed by atoms with van der Waals surface area (Å²) in [6.07, 6.45) is 1.65. The van der Waals surface area contributed by atoms with Crippen molar-refractivity contribution in [2.45, 2.75) is 25.9 Å². The fraction of sp³-hybridized carbons (Fsp3) is 0.471. The molecule has 1 N–H and O–H groups in total. The first kappa shape index (κ1) is 12.9. The number of carbonyl (C=O) groups excluding carboxylic acids is 1. The van der Waals surface area contributed by atoms with Gasteiger partial charge in [-0.25, -0.2) is 0 Å². The number of benzene rings is 1. The van der Waals surface area contributed by atoms with Crippen molar-refractivity contribution in [1.82, 2.24) is 4.90 Å². The Morgan fingerprint density at radius 1 is 1.29 bits per heavy atom. The molecule has 1 amide bonds. The van der Waals surface area contributed by atoms with E-state index in [2.05, 4.69) is 0 Å². The fourth-order valence-corrected chi connectivity index (χ4v) is 3.83. The van der Waals surface area contributed by atoms with Crippen LogP contribution < -0.4 is 0 Å². The summed E-state index contributed by atoms with van der Waals surface area (Å²) in [6, 6.07) is 7.74. The lowest BCUT2D eigenvalue weighted by Gasteiger charge is -2.16. The molecule has 0 spiro atoms. The van der Waals surface area contributed by atoms with Crippen LogP contribution in [0, 0.1) is 18.8 Å². The molecule has 0 bridgehead atoms. The molecule has 2 fully saturated rings. The summed E-state index contributed by atoms with van der Waals surface area (Å²) < 4.78 is 5.69. The molecule has 4 heteroatoms. The largest absolute Gasteiger partial charge is 0.451 e. The van der Waals surface area contributed by atoms with Crippen molar-refractivity contribution in [2.75, 3.05) is 13.1 Å². The molecule has 2 heterocycles. The quantitative estimate of drug-likeness (QED) is 0.876. The molecule has 1 aliphatic heterocycles. The highest BCUT2D eigenvalue weighted by molar-refractivity contribution is 5.96. The first-order valence-corrected chi connectivity index (χ1v) is 7.59. The highest BCUT2D eigenvalue weighted by Crippen LogP contribution is 2.38. The molecule has 1 aliphatic carbocycles. The monoisotopic (exact) mass is 285 g/mol. The Morgan fingerprint density at radius 2 is 2.14 bits per heavy atom. The van der Waals surface area contributed by atoms with E-state index in [-0.39, 0.29) is 17.9 Å². The molecule has 2 aliphatic rings. The number of carbonyl (C=O) groups is 1. The Kier molecular flexibility index (Phi) is 2.82. The van der Waals surface area contributed by atoms with Crippen LogP contribution in [-0.2, 0) is 0 Å². The maximum Gasteiger partial charge on any atom is 0.289 e. The van der Waals surface area contributed by atoms with Gasteiger partial charge < -0.3 is 14.4 Å². The van der Waals surface area contributed by atoms with E-state index in [9.17, 15) is 9.90 Å². The van der Waals surface area contributed by atoms with Gasteiger partial charge in [0.2, 0.25) is 0 Å². The standard InChI is InChI=1S/C17H19NO3/c1-10-2-5-15-12(6-10)7-16(21-15)17(20)18-8-11-3-4-14(19)13(11)9-18/h2,5-7,11,13-14,19H,3-4,8-9H2,1H3. The van der Waals surface area contributed by atoms with Crippen molar-refractivity contribution >= 4 is 16.9 Å². The van der Waals surface area contributed by atoms with E-state index >= 15 is 0 Å². The number of aliphatic hydroxyl groups is 1. The van der Waals surface area contributed by atoms with Gasteiger partial charge in [0.15, 0.2) is 5.76 Å². The van der Waals surface area contributed by atoms with E-state index in [0.717, 1.165) is 35.9 Å². The molecule has 4 nitrogen and oxygen atoms in total. The summed E-state index contributed by atoms with van der Waals surface area (Å²) in [6.45, 7) is 3.42. The minimum atomic E-state index is -0.244. The SMILES string of the molecule is Cc1ccc2oc(C(=O)N3CC4CCC(O)C4C3)cc2c1. The highest BCUT2D eigenvalue weighted by Gasteiger charge is 2.43. The summed E-state index contributed by atoms with van der Waals surface area (Å²) >= 11 is 0. The molecule has 21 heavy (non-hydrogen) atoms. The lowest BCUT2D eigenvalue weighted by molar-refractivity contribution is 0.0724. The number of fused-ring (bicyclic) bond motifs is 2. The minimum absolute atomic E-state index is 0.0505. The Balaban J connectivity index is 1.59. The number of hydrogen-bond donors (Lipinski definition) is 1. The molecule has 3 atom stereocenters. The number of aliphatic hydroxyl groups excluding tert-OH is 1. The van der Waals surface area contributed by atoms with Crippen molar-refractivity contribution in [3.63, 3.8) is 0 Å². The number of rotatable bonds is 1. The van der Waals surface area contributed by atoms with Gasteiger partial charge in [0.1, 0.15) is 5.58 Å². The summed E-state index contributed by atoms with van der Waals surface area (Å²) in [5.74, 6) is 1.06. The van der Waals surface area contributed by atoms with Gasteiger partial charge in [-0.05, 0) is 43.9 Å². The summed E-state index contributed by atoms with van der Waals surface area (Å²) in [5.41, 5.74) is 1.91. The first-order valence-electron chi connectivity index (χ1n) is 7.59. The molecule has 4 rings (SSSR count). The van der Waals surface area contributed by atoms with Gasteiger partial charge in [0, 0.05) is 24.4 Å². The Morgan fingerprint density at radius 3 is 2.95 bits per heavy atom. The lowest BCUT2D eigenvalue weighted by atomic mass is 10.00. The summed E-state index contributed by atoms with van der Waals surface area (Å²) in [4.78, 5) is 14.4. The summed E-state index contributed by atoms with van der Waals surface area (Å²) in [5, 5.41) is 10.9. The van der Waals surface area contributed by atoms with E-state index in [4.69, 9.17) is 4.42 Å². The van der Waals surface area contributed by atoms with Crippen molar-refractivity contribution < 1.29 is 14.3 Å². The summed E-state index contributed by atoms with van der Waals surface area (Å²) in [7, 11) is 0. The molecule has 1 aromatic heterocycles. The van der Waals surface area contributed by atoms with Crippen LogP contribution in [0.15, 0.2) is 28.7 Å². The van der Waals surface area contributed by atoms with Gasteiger partial charge in [-0.15, -0.1) is 0 Å². The molecule has 3 unspecified atom stereocenters. The van der Waals surface area contributed by atoms with Crippen LogP contribution in [0.3, 0.4) is 0 Å². The maximum absolute atomic E-state index is 12.6. The second-order valence-corrected chi connectivity index (χ2v) is 6.43. The van der Waals surface area contributed by atoms with E-state index in [0.29, 0.717) is 18.2 Å². The normalized spacial score (nSPS) is 28.3. The van der Waals surface area contributed by atoms with Gasteiger partial charge in [-0.3, -0.25) is 4.79 Å². The van der Waals surface area contributed by atoms with Crippen molar-refractivity contribution in [3.05, 3.63) is 35.6 Å². The highest BCUT2D eigenvalue weighted by atomic mass is 16.3. The third-order valence-electron chi connectivity index (χ3n) is 4.99. The predicted octanol–water partition coefficient (Wildman–Crippen LogP) is 2.58. The van der Waals surface area contributed by atoms with Crippen LogP contribution in [0.2, 0.25) is 0 Å². The number of hydrogen-bond acceptors (Lipinski definition) is 3. The van der Waals surface area contributed by atoms with Crippen LogP contribution in [0.4, 0.5) is 0 Å². The molecular formula is C17H19NO3. The number of aryl methyl sites for hydroxylation is 1. The molecular weight excluding hydrogens is 266 g/mol. The zero-order valence-electron chi connectivity index (χ0n) is 12.1. The van der Waals surface area contributed by atoms with Crippen molar-refractivity contribution in [3.8, 4) is 0 Å². The zero-order valence-corrected chi connectivity index (χ0v) is 12.1. The first-order chi connectivity index (χ1) is 10.1. The second kappa shape index (κ2) is 4.60. The Hall–Kier alpha value is -1.81. The van der Waals surface area contributed by atoms with Gasteiger partial charge >= 0.3 is 0 Å². The van der Waals surface area contributed by atoms with Gasteiger partial charge in [-0.1, -0.05) is 11.6 Å². The smallest absolute Gasteiger partial charge is 0.289 e. The van der Waals surface area contributed by atoms with Crippen molar-refractivity contribution in [2.24, 2.45) is 11.8 Å². The Labute approximate surface area is 123 Å². The minimum Gasteiger partial charge on any atom is -0.451 e. The van der Waals surface area contributed by atoms with Gasteiger partial charge in [-0.2, -0.15) is 0 Å². The lowest BCUT2D eigenvalue weighted by Crippen LogP contribution is -2.30. The topological polar surface area (TPSA) is 53.7 Å². The zero-order chi connectivity index (χ0) is 14.6. The van der Waals surface area contributed by atoms with Gasteiger partial charge in [0.05, 0.1) is 6.10 Å². The Bertz CT molecular complexity index is 705.